The van der Waals surface area contributed by atoms with Gasteiger partial charge in [-0.05, 0) is 29.4 Å². The van der Waals surface area contributed by atoms with Crippen molar-refractivity contribution in [3.63, 3.8) is 0 Å². The van der Waals surface area contributed by atoms with E-state index in [9.17, 15) is 14.9 Å². The van der Waals surface area contributed by atoms with Gasteiger partial charge in [0.15, 0.2) is 5.56 Å². The lowest BCUT2D eigenvalue weighted by atomic mass is 9.70. The summed E-state index contributed by atoms with van der Waals surface area (Å²) in [6, 6.07) is 10.0. The molecule has 2 aromatic rings. The Morgan fingerprint density at radius 2 is 1.88 bits per heavy atom. The Balaban J connectivity index is 2.20. The molecule has 130 valence electrons. The van der Waals surface area contributed by atoms with Gasteiger partial charge in [-0.3, -0.25) is 13.9 Å². The van der Waals surface area contributed by atoms with Gasteiger partial charge in [0, 0.05) is 14.1 Å². The lowest BCUT2D eigenvalue weighted by molar-refractivity contribution is 0.264. The summed E-state index contributed by atoms with van der Waals surface area (Å²) < 4.78 is 2.30. The topological polar surface area (TPSA) is 79.8 Å². The van der Waals surface area contributed by atoms with Crippen molar-refractivity contribution >= 4 is 5.82 Å². The van der Waals surface area contributed by atoms with Crippen LogP contribution in [0, 0.1) is 16.7 Å². The Morgan fingerprint density at radius 1 is 1.20 bits per heavy atom. The van der Waals surface area contributed by atoms with Gasteiger partial charge in [-0.25, -0.2) is 4.79 Å². The first kappa shape index (κ1) is 17.0. The van der Waals surface area contributed by atoms with Gasteiger partial charge in [0.25, 0.3) is 5.56 Å². The highest BCUT2D eigenvalue weighted by molar-refractivity contribution is 5.54. The summed E-state index contributed by atoms with van der Waals surface area (Å²) in [6.07, 6.45) is 1.96. The maximum absolute atomic E-state index is 12.3. The van der Waals surface area contributed by atoms with Gasteiger partial charge in [-0.15, -0.1) is 0 Å². The van der Waals surface area contributed by atoms with Crippen LogP contribution >= 0.6 is 0 Å². The fourth-order valence-electron chi connectivity index (χ4n) is 3.59. The number of nitrogens with one attached hydrogen (secondary N) is 1. The molecule has 0 radical (unpaired) electrons. The summed E-state index contributed by atoms with van der Waals surface area (Å²) in [5, 5.41) is 12.8. The number of benzene rings is 1. The average Bonchev–Trinajstić information content (AvgIpc) is 2.60. The van der Waals surface area contributed by atoms with Crippen molar-refractivity contribution in [1.29, 1.82) is 5.26 Å². The first-order valence-corrected chi connectivity index (χ1v) is 8.32. The van der Waals surface area contributed by atoms with Crippen LogP contribution in [-0.2, 0) is 20.5 Å². The van der Waals surface area contributed by atoms with E-state index in [-0.39, 0.29) is 22.8 Å². The van der Waals surface area contributed by atoms with Crippen LogP contribution in [-0.4, -0.2) is 9.13 Å². The number of anilines is 1. The molecular formula is C19H22N4O2. The molecule has 0 spiro atoms. The molecule has 0 amide bonds. The van der Waals surface area contributed by atoms with Gasteiger partial charge in [0.05, 0.1) is 6.04 Å². The summed E-state index contributed by atoms with van der Waals surface area (Å²) in [7, 11) is 2.96. The molecule has 0 saturated heterocycles. The van der Waals surface area contributed by atoms with Crippen molar-refractivity contribution in [2.45, 2.75) is 32.7 Å². The summed E-state index contributed by atoms with van der Waals surface area (Å²) >= 11 is 0. The van der Waals surface area contributed by atoms with Gasteiger partial charge >= 0.3 is 5.69 Å². The smallest absolute Gasteiger partial charge is 0.332 e. The molecular weight excluding hydrogens is 316 g/mol. The van der Waals surface area contributed by atoms with E-state index in [1.165, 1.54) is 17.2 Å². The second-order valence-electron chi connectivity index (χ2n) is 7.31. The number of nitrogens with zero attached hydrogens (tertiary/aromatic N) is 3. The minimum absolute atomic E-state index is 0.0385. The number of fused-ring (bicyclic) bond motifs is 1. The largest absolute Gasteiger partial charge is 0.363 e. The summed E-state index contributed by atoms with van der Waals surface area (Å²) in [4.78, 5) is 24.6. The van der Waals surface area contributed by atoms with E-state index in [4.69, 9.17) is 0 Å². The Morgan fingerprint density at radius 3 is 2.56 bits per heavy atom. The first-order chi connectivity index (χ1) is 11.8. The van der Waals surface area contributed by atoms with E-state index in [1.54, 1.807) is 7.05 Å². The normalized spacial score (nSPS) is 18.3. The lowest BCUT2D eigenvalue weighted by Crippen LogP contribution is -2.42. The molecule has 0 bridgehead atoms. The number of rotatable bonds is 2. The fourth-order valence-corrected chi connectivity index (χ4v) is 3.59. The Bertz CT molecular complexity index is 992. The third-order valence-electron chi connectivity index (χ3n) is 5.24. The average molecular weight is 338 g/mol. The highest BCUT2D eigenvalue weighted by Crippen LogP contribution is 2.45. The third kappa shape index (κ3) is 2.66. The zero-order valence-electron chi connectivity index (χ0n) is 15.0. The number of hydrogen-bond acceptors (Lipinski definition) is 4. The van der Waals surface area contributed by atoms with E-state index in [1.807, 2.05) is 18.2 Å². The molecule has 1 aliphatic rings. The second-order valence-corrected chi connectivity index (χ2v) is 7.31. The van der Waals surface area contributed by atoms with Crippen molar-refractivity contribution in [1.82, 2.24) is 9.13 Å². The standard InChI is InChI=1S/C19H22N4O2/c1-19(2)10-9-12-7-5-6-8-13(12)15(19)21-16-14(11-20)17(24)23(4)18(25)22(16)3/h5-8,15,21H,9-10H2,1-4H3/t15-/m1/s1. The molecule has 25 heavy (non-hydrogen) atoms. The molecule has 1 aromatic carbocycles. The molecule has 6 nitrogen and oxygen atoms in total. The molecule has 1 heterocycles. The quantitative estimate of drug-likeness (QED) is 0.909. The number of hydrogen-bond donors (Lipinski definition) is 1. The van der Waals surface area contributed by atoms with Gasteiger partial charge in [-0.1, -0.05) is 38.1 Å². The lowest BCUT2D eigenvalue weighted by Gasteiger charge is -2.41. The molecule has 6 heteroatoms. The van der Waals surface area contributed by atoms with Crippen molar-refractivity contribution < 1.29 is 0 Å². The van der Waals surface area contributed by atoms with Crippen molar-refractivity contribution in [2.24, 2.45) is 19.5 Å². The van der Waals surface area contributed by atoms with Gasteiger partial charge < -0.3 is 5.32 Å². The Labute approximate surface area is 146 Å². The first-order valence-electron chi connectivity index (χ1n) is 8.32. The minimum Gasteiger partial charge on any atom is -0.363 e. The summed E-state index contributed by atoms with van der Waals surface area (Å²) in [6.45, 7) is 4.32. The van der Waals surface area contributed by atoms with Crippen LogP contribution in [0.3, 0.4) is 0 Å². The maximum atomic E-state index is 12.3. The molecule has 3 rings (SSSR count). The Hall–Kier alpha value is -2.81. The summed E-state index contributed by atoms with van der Waals surface area (Å²) in [5.41, 5.74) is 1.26. The van der Waals surface area contributed by atoms with Crippen LogP contribution < -0.4 is 16.6 Å². The minimum atomic E-state index is -0.574. The number of nitriles is 1. The van der Waals surface area contributed by atoms with E-state index in [0.717, 1.165) is 23.0 Å². The highest BCUT2D eigenvalue weighted by atomic mass is 16.2. The van der Waals surface area contributed by atoms with Crippen LogP contribution in [0.5, 0.6) is 0 Å². The van der Waals surface area contributed by atoms with Crippen molar-refractivity contribution in [3.05, 3.63) is 61.8 Å². The monoisotopic (exact) mass is 338 g/mol. The van der Waals surface area contributed by atoms with Crippen LogP contribution in [0.1, 0.15) is 43.0 Å². The van der Waals surface area contributed by atoms with Crippen molar-refractivity contribution in [2.75, 3.05) is 5.32 Å². The summed E-state index contributed by atoms with van der Waals surface area (Å²) in [5.74, 6) is 0.283. The van der Waals surface area contributed by atoms with Crippen LogP contribution in [0.2, 0.25) is 0 Å². The molecule has 1 N–H and O–H groups in total. The highest BCUT2D eigenvalue weighted by Gasteiger charge is 2.36. The number of aromatic nitrogens is 2. The van der Waals surface area contributed by atoms with Gasteiger partial charge in [0.1, 0.15) is 11.9 Å². The van der Waals surface area contributed by atoms with Gasteiger partial charge in [0.2, 0.25) is 0 Å². The third-order valence-corrected chi connectivity index (χ3v) is 5.24. The molecule has 1 aliphatic carbocycles. The van der Waals surface area contributed by atoms with E-state index in [0.29, 0.717) is 0 Å². The van der Waals surface area contributed by atoms with Crippen LogP contribution in [0.25, 0.3) is 0 Å². The number of aryl methyl sites for hydroxylation is 1. The molecule has 1 aromatic heterocycles. The van der Waals surface area contributed by atoms with Crippen LogP contribution in [0.15, 0.2) is 33.9 Å². The fraction of sp³-hybridized carbons (Fsp3) is 0.421. The maximum Gasteiger partial charge on any atom is 0.332 e. The molecule has 0 saturated carbocycles. The zero-order chi connectivity index (χ0) is 18.4. The van der Waals surface area contributed by atoms with Crippen LogP contribution in [0.4, 0.5) is 5.82 Å². The predicted octanol–water partition coefficient (Wildman–Crippen LogP) is 2.08. The molecule has 0 unspecified atom stereocenters. The molecule has 1 atom stereocenters. The molecule has 0 aliphatic heterocycles. The second kappa shape index (κ2) is 5.92. The van der Waals surface area contributed by atoms with E-state index < -0.39 is 11.2 Å². The van der Waals surface area contributed by atoms with E-state index >= 15 is 0 Å². The predicted molar refractivity (Wildman–Crippen MR) is 96.5 cm³/mol. The van der Waals surface area contributed by atoms with Gasteiger partial charge in [-0.2, -0.15) is 5.26 Å². The SMILES string of the molecule is Cn1c(N[C@@H]2c3ccccc3CCC2(C)C)c(C#N)c(=O)n(C)c1=O. The molecule has 0 fully saturated rings. The zero-order valence-corrected chi connectivity index (χ0v) is 15.0. The van der Waals surface area contributed by atoms with E-state index in [2.05, 4.69) is 31.3 Å². The Kier molecular flexibility index (Phi) is 4.03. The van der Waals surface area contributed by atoms with Crippen molar-refractivity contribution in [3.8, 4) is 6.07 Å².